The lowest BCUT2D eigenvalue weighted by molar-refractivity contribution is 0.401. The first kappa shape index (κ1) is 14.6. The summed E-state index contributed by atoms with van der Waals surface area (Å²) in [5, 5.41) is 3.56. The van der Waals surface area contributed by atoms with Gasteiger partial charge in [0.2, 0.25) is 0 Å². The minimum atomic E-state index is 0.256. The van der Waals surface area contributed by atoms with E-state index in [1.165, 1.54) is 22.3 Å². The predicted molar refractivity (Wildman–Crippen MR) is 84.2 cm³/mol. The zero-order valence-corrected chi connectivity index (χ0v) is 12.7. The van der Waals surface area contributed by atoms with Crippen LogP contribution in [0.5, 0.6) is 5.75 Å². The lowest BCUT2D eigenvalue weighted by atomic mass is 10.0. The van der Waals surface area contributed by atoms with E-state index in [-0.39, 0.29) is 6.04 Å². The van der Waals surface area contributed by atoms with E-state index < -0.39 is 0 Å². The molecule has 0 heterocycles. The first-order valence-electron chi connectivity index (χ1n) is 7.03. The van der Waals surface area contributed by atoms with Gasteiger partial charge in [0.05, 0.1) is 7.11 Å². The van der Waals surface area contributed by atoms with E-state index in [4.69, 9.17) is 4.74 Å². The van der Waals surface area contributed by atoms with Crippen LogP contribution in [-0.4, -0.2) is 7.11 Å². The summed E-state index contributed by atoms with van der Waals surface area (Å²) in [4.78, 5) is 0. The molecule has 1 N–H and O–H groups in total. The average molecular weight is 269 g/mol. The Hall–Kier alpha value is -1.80. The summed E-state index contributed by atoms with van der Waals surface area (Å²) in [6, 6.07) is 15.2. The molecule has 2 heteroatoms. The van der Waals surface area contributed by atoms with Crippen LogP contribution in [0.2, 0.25) is 0 Å². The number of hydrogen-bond donors (Lipinski definition) is 1. The van der Waals surface area contributed by atoms with Gasteiger partial charge in [0.15, 0.2) is 0 Å². The minimum absolute atomic E-state index is 0.256. The van der Waals surface area contributed by atoms with Crippen LogP contribution in [0, 0.1) is 13.8 Å². The van der Waals surface area contributed by atoms with E-state index in [1.54, 1.807) is 7.11 Å². The van der Waals surface area contributed by atoms with Gasteiger partial charge >= 0.3 is 0 Å². The van der Waals surface area contributed by atoms with Gasteiger partial charge in [-0.25, -0.2) is 0 Å². The van der Waals surface area contributed by atoms with Crippen LogP contribution in [0.1, 0.15) is 35.2 Å². The van der Waals surface area contributed by atoms with Gasteiger partial charge in [-0.15, -0.1) is 0 Å². The highest BCUT2D eigenvalue weighted by Crippen LogP contribution is 2.26. The Balaban J connectivity index is 2.07. The highest BCUT2D eigenvalue weighted by atomic mass is 16.5. The average Bonchev–Trinajstić information content (AvgIpc) is 2.44. The van der Waals surface area contributed by atoms with Crippen LogP contribution in [-0.2, 0) is 6.54 Å². The molecule has 0 aliphatic rings. The SMILES string of the molecule is COc1cc(C)ccc1C(C)NCc1cccc(C)c1. The molecule has 1 unspecified atom stereocenters. The molecule has 106 valence electrons. The second kappa shape index (κ2) is 6.58. The Morgan fingerprint density at radius 3 is 2.50 bits per heavy atom. The molecule has 2 rings (SSSR count). The fourth-order valence-electron chi connectivity index (χ4n) is 2.38. The molecule has 0 aromatic heterocycles. The summed E-state index contributed by atoms with van der Waals surface area (Å²) < 4.78 is 5.48. The summed E-state index contributed by atoms with van der Waals surface area (Å²) in [7, 11) is 1.73. The van der Waals surface area contributed by atoms with Gasteiger partial charge in [-0.3, -0.25) is 0 Å². The summed E-state index contributed by atoms with van der Waals surface area (Å²) >= 11 is 0. The Labute approximate surface area is 121 Å². The predicted octanol–water partition coefficient (Wildman–Crippen LogP) is 4.16. The summed E-state index contributed by atoms with van der Waals surface area (Å²) in [5.74, 6) is 0.953. The van der Waals surface area contributed by atoms with Crippen molar-refractivity contribution in [2.24, 2.45) is 0 Å². The summed E-state index contributed by atoms with van der Waals surface area (Å²) in [6.07, 6.45) is 0. The molecule has 0 aliphatic heterocycles. The molecule has 2 aromatic carbocycles. The van der Waals surface area contributed by atoms with Gasteiger partial charge in [-0.1, -0.05) is 42.0 Å². The number of nitrogens with one attached hydrogen (secondary N) is 1. The second-order valence-corrected chi connectivity index (χ2v) is 5.34. The quantitative estimate of drug-likeness (QED) is 0.880. The van der Waals surface area contributed by atoms with Gasteiger partial charge in [0, 0.05) is 18.2 Å². The molecule has 2 aromatic rings. The first-order chi connectivity index (χ1) is 9.60. The maximum absolute atomic E-state index is 5.48. The van der Waals surface area contributed by atoms with Gasteiger partial charge in [-0.2, -0.15) is 0 Å². The van der Waals surface area contributed by atoms with E-state index in [1.807, 2.05) is 0 Å². The Morgan fingerprint density at radius 1 is 1.05 bits per heavy atom. The fraction of sp³-hybridized carbons (Fsp3) is 0.333. The highest BCUT2D eigenvalue weighted by molar-refractivity contribution is 5.39. The number of ether oxygens (including phenoxy) is 1. The van der Waals surface area contributed by atoms with E-state index in [0.29, 0.717) is 0 Å². The zero-order valence-electron chi connectivity index (χ0n) is 12.7. The molecule has 0 aliphatic carbocycles. The van der Waals surface area contributed by atoms with Crippen molar-refractivity contribution < 1.29 is 4.74 Å². The molecule has 2 nitrogen and oxygen atoms in total. The van der Waals surface area contributed by atoms with Crippen molar-refractivity contribution in [2.45, 2.75) is 33.4 Å². The number of aryl methyl sites for hydroxylation is 2. The third-order valence-electron chi connectivity index (χ3n) is 3.55. The zero-order chi connectivity index (χ0) is 14.5. The second-order valence-electron chi connectivity index (χ2n) is 5.34. The molecule has 0 radical (unpaired) electrons. The van der Waals surface area contributed by atoms with Crippen molar-refractivity contribution >= 4 is 0 Å². The maximum atomic E-state index is 5.48. The van der Waals surface area contributed by atoms with Crippen molar-refractivity contribution in [2.75, 3.05) is 7.11 Å². The molecular weight excluding hydrogens is 246 g/mol. The molecule has 0 bridgehead atoms. The highest BCUT2D eigenvalue weighted by Gasteiger charge is 2.11. The number of rotatable bonds is 5. The van der Waals surface area contributed by atoms with Crippen molar-refractivity contribution in [1.29, 1.82) is 0 Å². The largest absolute Gasteiger partial charge is 0.496 e. The molecule has 0 amide bonds. The van der Waals surface area contributed by atoms with Crippen LogP contribution in [0.25, 0.3) is 0 Å². The van der Waals surface area contributed by atoms with Crippen molar-refractivity contribution in [1.82, 2.24) is 5.32 Å². The molecule has 0 saturated carbocycles. The van der Waals surface area contributed by atoms with Crippen LogP contribution in [0.15, 0.2) is 42.5 Å². The normalized spacial score (nSPS) is 12.2. The third-order valence-corrected chi connectivity index (χ3v) is 3.55. The van der Waals surface area contributed by atoms with E-state index in [2.05, 4.69) is 68.6 Å². The van der Waals surface area contributed by atoms with E-state index in [9.17, 15) is 0 Å². The Kier molecular flexibility index (Phi) is 4.80. The monoisotopic (exact) mass is 269 g/mol. The van der Waals surface area contributed by atoms with E-state index >= 15 is 0 Å². The topological polar surface area (TPSA) is 21.3 Å². The van der Waals surface area contributed by atoms with Crippen LogP contribution in [0.4, 0.5) is 0 Å². The Morgan fingerprint density at radius 2 is 1.80 bits per heavy atom. The van der Waals surface area contributed by atoms with Crippen molar-refractivity contribution in [3.05, 3.63) is 64.7 Å². The lowest BCUT2D eigenvalue weighted by Gasteiger charge is -2.18. The minimum Gasteiger partial charge on any atom is -0.496 e. The van der Waals surface area contributed by atoms with Gasteiger partial charge in [-0.05, 0) is 38.0 Å². The van der Waals surface area contributed by atoms with Crippen LogP contribution < -0.4 is 10.1 Å². The van der Waals surface area contributed by atoms with Gasteiger partial charge in [0.25, 0.3) is 0 Å². The van der Waals surface area contributed by atoms with E-state index in [0.717, 1.165) is 12.3 Å². The molecular formula is C18H23NO. The smallest absolute Gasteiger partial charge is 0.123 e. The first-order valence-corrected chi connectivity index (χ1v) is 7.03. The molecule has 1 atom stereocenters. The fourth-order valence-corrected chi connectivity index (χ4v) is 2.38. The molecule has 0 saturated heterocycles. The van der Waals surface area contributed by atoms with Crippen molar-refractivity contribution in [3.63, 3.8) is 0 Å². The lowest BCUT2D eigenvalue weighted by Crippen LogP contribution is -2.18. The summed E-state index contributed by atoms with van der Waals surface area (Å²) in [5.41, 5.74) is 5.02. The Bertz CT molecular complexity index is 577. The molecule has 0 fully saturated rings. The number of benzene rings is 2. The maximum Gasteiger partial charge on any atom is 0.123 e. The summed E-state index contributed by atoms with van der Waals surface area (Å²) in [6.45, 7) is 7.23. The molecule has 0 spiro atoms. The standard InChI is InChI=1S/C18H23NO/c1-13-6-5-7-16(10-13)12-19-15(3)17-9-8-14(2)11-18(17)20-4/h5-11,15,19H,12H2,1-4H3. The van der Waals surface area contributed by atoms with Gasteiger partial charge < -0.3 is 10.1 Å². The number of methoxy groups -OCH3 is 1. The molecule has 20 heavy (non-hydrogen) atoms. The van der Waals surface area contributed by atoms with Crippen LogP contribution >= 0.6 is 0 Å². The third kappa shape index (κ3) is 3.61. The van der Waals surface area contributed by atoms with Gasteiger partial charge in [0.1, 0.15) is 5.75 Å². The van der Waals surface area contributed by atoms with Crippen LogP contribution in [0.3, 0.4) is 0 Å². The number of hydrogen-bond acceptors (Lipinski definition) is 2. The van der Waals surface area contributed by atoms with Crippen molar-refractivity contribution in [3.8, 4) is 5.75 Å².